The van der Waals surface area contributed by atoms with Crippen molar-refractivity contribution < 1.29 is 8.76 Å². The summed E-state index contributed by atoms with van der Waals surface area (Å²) in [6, 6.07) is 13.5. The Hall–Kier alpha value is -1.19. The van der Waals surface area contributed by atoms with Crippen molar-refractivity contribution in [3.63, 3.8) is 0 Å². The average Bonchev–Trinajstić information content (AvgIpc) is 2.27. The van der Waals surface area contributed by atoms with Crippen LogP contribution in [0.2, 0.25) is 0 Å². The molecule has 2 aromatic rings. The zero-order valence-electron chi connectivity index (χ0n) is 8.34. The highest BCUT2D eigenvalue weighted by molar-refractivity contribution is 7.79. The lowest BCUT2D eigenvalue weighted by atomic mass is 10.0. The van der Waals surface area contributed by atoms with Crippen LogP contribution in [0, 0.1) is 0 Å². The smallest absolute Gasteiger partial charge is 0.0443 e. The van der Waals surface area contributed by atoms with Crippen LogP contribution in [0.3, 0.4) is 0 Å². The van der Waals surface area contributed by atoms with Crippen molar-refractivity contribution >= 4 is 21.9 Å². The molecule has 0 aliphatic heterocycles. The van der Waals surface area contributed by atoms with E-state index in [0.717, 1.165) is 16.3 Å². The Labute approximate surface area is 91.2 Å². The number of benzene rings is 2. The van der Waals surface area contributed by atoms with Crippen molar-refractivity contribution in [1.82, 2.24) is 0 Å². The third-order valence-corrected chi connectivity index (χ3v) is 3.38. The van der Waals surface area contributed by atoms with Crippen LogP contribution in [0.15, 0.2) is 42.5 Å². The first-order valence-corrected chi connectivity index (χ1v) is 5.89. The van der Waals surface area contributed by atoms with Gasteiger partial charge in [0.15, 0.2) is 0 Å². The molecule has 0 saturated heterocycles. The molecule has 0 spiro atoms. The Morgan fingerprint density at radius 1 is 1.13 bits per heavy atom. The van der Waals surface area contributed by atoms with E-state index in [1.54, 1.807) is 6.92 Å². The van der Waals surface area contributed by atoms with Gasteiger partial charge in [-0.1, -0.05) is 42.5 Å². The molecule has 0 saturated carbocycles. The number of hydrogen-bond donors (Lipinski definition) is 0. The van der Waals surface area contributed by atoms with Crippen molar-refractivity contribution in [3.8, 4) is 0 Å². The van der Waals surface area contributed by atoms with Crippen molar-refractivity contribution in [2.75, 3.05) is 0 Å². The standard InChI is InChI=1S/C12H12O2S/c1-9(15(13)14)11-8-4-6-10-5-2-3-7-12(10)11/h2-9H,1H3,(H,13,14)/p-1. The van der Waals surface area contributed by atoms with Gasteiger partial charge in [-0.15, -0.1) is 0 Å². The van der Waals surface area contributed by atoms with E-state index in [0.29, 0.717) is 0 Å². The van der Waals surface area contributed by atoms with Crippen molar-refractivity contribution in [2.45, 2.75) is 12.2 Å². The van der Waals surface area contributed by atoms with Crippen LogP contribution in [0.4, 0.5) is 0 Å². The van der Waals surface area contributed by atoms with Gasteiger partial charge in [0.05, 0.1) is 0 Å². The highest BCUT2D eigenvalue weighted by atomic mass is 32.2. The molecule has 3 heteroatoms. The van der Waals surface area contributed by atoms with Crippen LogP contribution in [0.25, 0.3) is 10.8 Å². The first kappa shape index (κ1) is 10.3. The summed E-state index contributed by atoms with van der Waals surface area (Å²) in [5.74, 6) is 0. The Kier molecular flexibility index (Phi) is 2.84. The zero-order valence-corrected chi connectivity index (χ0v) is 9.16. The lowest BCUT2D eigenvalue weighted by molar-refractivity contribution is 0.527. The van der Waals surface area contributed by atoms with E-state index in [9.17, 15) is 8.76 Å². The van der Waals surface area contributed by atoms with Gasteiger partial charge in [-0.05, 0) is 34.3 Å². The Morgan fingerprint density at radius 3 is 2.53 bits per heavy atom. The molecular formula is C12H11O2S-. The molecule has 15 heavy (non-hydrogen) atoms. The Balaban J connectivity index is 2.65. The summed E-state index contributed by atoms with van der Waals surface area (Å²) in [6.45, 7) is 1.70. The van der Waals surface area contributed by atoms with E-state index in [1.807, 2.05) is 42.5 Å². The second-order valence-electron chi connectivity index (χ2n) is 3.47. The molecule has 0 N–H and O–H groups in total. The maximum absolute atomic E-state index is 10.9. The predicted octanol–water partition coefficient (Wildman–Crippen LogP) is 2.78. The maximum atomic E-state index is 10.9. The quantitative estimate of drug-likeness (QED) is 0.729. The van der Waals surface area contributed by atoms with Gasteiger partial charge in [0.1, 0.15) is 0 Å². The molecule has 0 radical (unpaired) electrons. The van der Waals surface area contributed by atoms with E-state index in [1.165, 1.54) is 0 Å². The predicted molar refractivity (Wildman–Crippen MR) is 61.3 cm³/mol. The minimum Gasteiger partial charge on any atom is -0.772 e. The van der Waals surface area contributed by atoms with Crippen LogP contribution in [-0.4, -0.2) is 8.76 Å². The first-order chi connectivity index (χ1) is 7.20. The summed E-state index contributed by atoms with van der Waals surface area (Å²) >= 11 is -2.07. The molecule has 2 nitrogen and oxygen atoms in total. The number of rotatable bonds is 2. The molecular weight excluding hydrogens is 208 g/mol. The molecule has 78 valence electrons. The maximum Gasteiger partial charge on any atom is 0.0443 e. The summed E-state index contributed by atoms with van der Waals surface area (Å²) < 4.78 is 21.9. The summed E-state index contributed by atoms with van der Waals surface area (Å²) in [5.41, 5.74) is 0.862. The SMILES string of the molecule is CC(c1cccc2ccccc12)S(=O)[O-]. The Bertz CT molecular complexity index is 502. The molecule has 2 aromatic carbocycles. The molecule has 2 rings (SSSR count). The second kappa shape index (κ2) is 4.13. The van der Waals surface area contributed by atoms with Crippen molar-refractivity contribution in [2.24, 2.45) is 0 Å². The molecule has 0 aliphatic carbocycles. The third-order valence-electron chi connectivity index (χ3n) is 2.55. The summed E-state index contributed by atoms with van der Waals surface area (Å²) in [6.07, 6.45) is 0. The van der Waals surface area contributed by atoms with E-state index >= 15 is 0 Å². The van der Waals surface area contributed by atoms with E-state index < -0.39 is 16.3 Å². The topological polar surface area (TPSA) is 40.1 Å². The zero-order chi connectivity index (χ0) is 10.8. The minimum atomic E-state index is -2.07. The molecule has 2 unspecified atom stereocenters. The van der Waals surface area contributed by atoms with Gasteiger partial charge in [0, 0.05) is 5.25 Å². The Morgan fingerprint density at radius 2 is 1.80 bits per heavy atom. The summed E-state index contributed by atoms with van der Waals surface area (Å²) in [7, 11) is 0. The van der Waals surface area contributed by atoms with Gasteiger partial charge in [-0.3, -0.25) is 4.21 Å². The lowest BCUT2D eigenvalue weighted by Gasteiger charge is -2.17. The van der Waals surface area contributed by atoms with Crippen LogP contribution < -0.4 is 0 Å². The van der Waals surface area contributed by atoms with Gasteiger partial charge < -0.3 is 4.55 Å². The highest BCUT2D eigenvalue weighted by Gasteiger charge is 2.08. The van der Waals surface area contributed by atoms with Gasteiger partial charge in [-0.2, -0.15) is 0 Å². The fourth-order valence-electron chi connectivity index (χ4n) is 1.71. The van der Waals surface area contributed by atoms with Crippen LogP contribution >= 0.6 is 0 Å². The van der Waals surface area contributed by atoms with Gasteiger partial charge in [0.25, 0.3) is 0 Å². The van der Waals surface area contributed by atoms with Crippen molar-refractivity contribution in [3.05, 3.63) is 48.0 Å². The molecule has 0 bridgehead atoms. The van der Waals surface area contributed by atoms with Gasteiger partial charge in [-0.25, -0.2) is 0 Å². The normalized spacial score (nSPS) is 15.1. The van der Waals surface area contributed by atoms with Gasteiger partial charge in [0.2, 0.25) is 0 Å². The van der Waals surface area contributed by atoms with Crippen LogP contribution in [-0.2, 0) is 11.1 Å². The third kappa shape index (κ3) is 1.94. The highest BCUT2D eigenvalue weighted by Crippen LogP contribution is 2.26. The molecule has 0 amide bonds. The van der Waals surface area contributed by atoms with Crippen LogP contribution in [0.5, 0.6) is 0 Å². The molecule has 0 fully saturated rings. The number of hydrogen-bond acceptors (Lipinski definition) is 2. The minimum absolute atomic E-state index is 0.462. The largest absolute Gasteiger partial charge is 0.772 e. The fraction of sp³-hybridized carbons (Fsp3) is 0.167. The van der Waals surface area contributed by atoms with Gasteiger partial charge >= 0.3 is 0 Å². The lowest BCUT2D eigenvalue weighted by Crippen LogP contribution is -2.01. The average molecular weight is 219 g/mol. The monoisotopic (exact) mass is 219 g/mol. The number of fused-ring (bicyclic) bond motifs is 1. The molecule has 0 aliphatic rings. The molecule has 2 atom stereocenters. The summed E-state index contributed by atoms with van der Waals surface area (Å²) in [4.78, 5) is 0. The fourth-order valence-corrected chi connectivity index (χ4v) is 2.12. The van der Waals surface area contributed by atoms with Crippen molar-refractivity contribution in [1.29, 1.82) is 0 Å². The van der Waals surface area contributed by atoms with E-state index in [-0.39, 0.29) is 0 Å². The van der Waals surface area contributed by atoms with Crippen LogP contribution in [0.1, 0.15) is 17.7 Å². The second-order valence-corrected chi connectivity index (χ2v) is 4.70. The first-order valence-electron chi connectivity index (χ1n) is 4.76. The molecule has 0 heterocycles. The summed E-state index contributed by atoms with van der Waals surface area (Å²) in [5, 5.41) is 1.63. The van der Waals surface area contributed by atoms with E-state index in [2.05, 4.69) is 0 Å². The molecule has 0 aromatic heterocycles. The van der Waals surface area contributed by atoms with E-state index in [4.69, 9.17) is 0 Å².